The Hall–Kier alpha value is -2.48. The van der Waals surface area contributed by atoms with Gasteiger partial charge in [0.15, 0.2) is 11.5 Å². The van der Waals surface area contributed by atoms with Crippen molar-refractivity contribution in [2.45, 2.75) is 64.7 Å². The Balaban J connectivity index is 1.58. The fourth-order valence-electron chi connectivity index (χ4n) is 3.84. The second-order valence-electron chi connectivity index (χ2n) is 12.6. The van der Waals surface area contributed by atoms with Crippen LogP contribution in [0.15, 0.2) is 37.1 Å². The second-order valence-corrected chi connectivity index (χ2v) is 26.3. The maximum absolute atomic E-state index is 11.5. The van der Waals surface area contributed by atoms with Gasteiger partial charge in [0.1, 0.15) is 25.1 Å². The molecule has 0 saturated carbocycles. The van der Waals surface area contributed by atoms with E-state index in [1.807, 2.05) is 21.7 Å². The van der Waals surface area contributed by atoms with Crippen molar-refractivity contribution in [1.29, 1.82) is 0 Å². The van der Waals surface area contributed by atoms with Crippen LogP contribution in [0.25, 0.3) is 16.9 Å². The third-order valence-corrected chi connectivity index (χ3v) is 11.1. The van der Waals surface area contributed by atoms with Gasteiger partial charge in [-0.3, -0.25) is 13.5 Å². The van der Waals surface area contributed by atoms with Gasteiger partial charge in [-0.15, -0.1) is 0 Å². The molecule has 12 nitrogen and oxygen atoms in total. The molecule has 0 aliphatic rings. The second kappa shape index (κ2) is 13.4. The lowest BCUT2D eigenvalue weighted by Crippen LogP contribution is -2.26. The topological polar surface area (TPSA) is 126 Å². The van der Waals surface area contributed by atoms with Crippen molar-refractivity contribution < 1.29 is 22.1 Å². The quantitative estimate of drug-likeness (QED) is 0.0683. The van der Waals surface area contributed by atoms with E-state index in [1.54, 1.807) is 29.3 Å². The number of hydrogen-bond acceptors (Lipinski definition) is 11. The van der Waals surface area contributed by atoms with Crippen LogP contribution < -0.4 is 4.90 Å². The van der Waals surface area contributed by atoms with E-state index in [0.29, 0.717) is 30.5 Å². The predicted octanol–water partition coefficient (Wildman–Crippen LogP) is 5.29. The molecule has 0 spiro atoms. The average molecular weight is 652 g/mol. The van der Waals surface area contributed by atoms with Crippen LogP contribution in [-0.4, -0.2) is 79.3 Å². The van der Waals surface area contributed by atoms with Gasteiger partial charge in [-0.25, -0.2) is 14.6 Å². The lowest BCUT2D eigenvalue weighted by atomic mass is 10.3. The summed E-state index contributed by atoms with van der Waals surface area (Å²) in [6, 6.07) is 3.92. The third-order valence-electron chi connectivity index (χ3n) is 6.26. The Labute approximate surface area is 254 Å². The Morgan fingerprint density at radius 2 is 1.71 bits per heavy atom. The molecule has 0 N–H and O–H groups in total. The van der Waals surface area contributed by atoms with Gasteiger partial charge in [0.2, 0.25) is 0 Å². The summed E-state index contributed by atoms with van der Waals surface area (Å²) in [4.78, 5) is 11.3. The largest absolute Gasteiger partial charge is 0.361 e. The summed E-state index contributed by atoms with van der Waals surface area (Å²) in [6.45, 7) is 15.8. The molecule has 4 rings (SSSR count). The molecule has 0 fully saturated rings. The number of nitrogens with zero attached hydrogens (tertiary/aromatic N) is 7. The van der Waals surface area contributed by atoms with Crippen molar-refractivity contribution in [3.05, 3.63) is 42.7 Å². The predicted molar refractivity (Wildman–Crippen MR) is 171 cm³/mol. The Kier molecular flexibility index (Phi) is 10.4. The first-order valence-corrected chi connectivity index (χ1v) is 23.8. The van der Waals surface area contributed by atoms with Gasteiger partial charge >= 0.3 is 0 Å². The summed E-state index contributed by atoms with van der Waals surface area (Å²) in [5.41, 5.74) is 2.92. The molecule has 16 heteroatoms. The first-order valence-electron chi connectivity index (χ1n) is 13.8. The summed E-state index contributed by atoms with van der Waals surface area (Å²) in [5, 5.41) is 5.22. The van der Waals surface area contributed by atoms with E-state index in [9.17, 15) is 8.42 Å². The maximum Gasteiger partial charge on any atom is 0.264 e. The van der Waals surface area contributed by atoms with Crippen molar-refractivity contribution in [2.24, 2.45) is 0 Å². The van der Waals surface area contributed by atoms with Gasteiger partial charge in [-0.2, -0.15) is 17.9 Å². The normalized spacial score (nSPS) is 12.8. The molecule has 0 atom stereocenters. The minimum absolute atomic E-state index is 0.142. The smallest absolute Gasteiger partial charge is 0.264 e. The Bertz CT molecular complexity index is 1580. The van der Waals surface area contributed by atoms with Crippen molar-refractivity contribution >= 4 is 54.3 Å². The lowest BCUT2D eigenvalue weighted by molar-refractivity contribution is 0.0786. The van der Waals surface area contributed by atoms with Gasteiger partial charge in [0.05, 0.1) is 30.0 Å². The molecule has 0 amide bonds. The number of hydrogen-bond donors (Lipinski definition) is 0. The molecular formula is C26H41N7O5S2Si2. The minimum atomic E-state index is -3.59. The number of ether oxygens (including phenoxy) is 2. The van der Waals surface area contributed by atoms with Crippen LogP contribution in [0.4, 0.5) is 10.8 Å². The van der Waals surface area contributed by atoms with E-state index in [-0.39, 0.29) is 13.3 Å². The van der Waals surface area contributed by atoms with Crippen LogP contribution in [0.3, 0.4) is 0 Å². The number of imidazole rings is 1. The highest BCUT2D eigenvalue weighted by atomic mass is 32.2. The molecule has 0 aliphatic carbocycles. The number of aromatic nitrogens is 6. The van der Waals surface area contributed by atoms with Crippen LogP contribution in [0, 0.1) is 0 Å². The van der Waals surface area contributed by atoms with E-state index >= 15 is 0 Å². The fourth-order valence-corrected chi connectivity index (χ4v) is 6.43. The van der Waals surface area contributed by atoms with Crippen molar-refractivity contribution in [3.63, 3.8) is 0 Å². The lowest BCUT2D eigenvalue weighted by Gasteiger charge is -2.23. The highest BCUT2D eigenvalue weighted by Crippen LogP contribution is 2.32. The van der Waals surface area contributed by atoms with Gasteiger partial charge in [0.25, 0.3) is 10.1 Å². The first kappa shape index (κ1) is 32.4. The van der Waals surface area contributed by atoms with Crippen LogP contribution in [0.1, 0.15) is 5.69 Å². The van der Waals surface area contributed by atoms with Gasteiger partial charge in [0, 0.05) is 53.5 Å². The molecule has 0 aliphatic heterocycles. The number of rotatable bonds is 16. The minimum Gasteiger partial charge on any atom is -0.361 e. The van der Waals surface area contributed by atoms with Gasteiger partial charge in [-0.1, -0.05) is 39.3 Å². The molecule has 4 heterocycles. The molecule has 4 aromatic rings. The van der Waals surface area contributed by atoms with Gasteiger partial charge in [-0.05, 0) is 29.7 Å². The summed E-state index contributed by atoms with van der Waals surface area (Å²) in [5.74, 6) is 0.595. The molecule has 0 unspecified atom stereocenters. The van der Waals surface area contributed by atoms with E-state index in [2.05, 4.69) is 53.7 Å². The van der Waals surface area contributed by atoms with Crippen LogP contribution in [-0.2, 0) is 37.1 Å². The van der Waals surface area contributed by atoms with Crippen molar-refractivity contribution in [1.82, 2.24) is 28.5 Å². The zero-order valence-corrected chi connectivity index (χ0v) is 29.0. The first-order chi connectivity index (χ1) is 19.7. The number of anilines is 2. The Morgan fingerprint density at radius 1 is 1.00 bits per heavy atom. The molecule has 42 heavy (non-hydrogen) atoms. The highest BCUT2D eigenvalue weighted by Gasteiger charge is 2.22. The molecule has 0 radical (unpaired) electrons. The molecule has 0 bridgehead atoms. The highest BCUT2D eigenvalue weighted by molar-refractivity contribution is 7.85. The van der Waals surface area contributed by atoms with Crippen LogP contribution in [0.5, 0.6) is 0 Å². The Morgan fingerprint density at radius 3 is 2.40 bits per heavy atom. The van der Waals surface area contributed by atoms with Crippen molar-refractivity contribution in [2.75, 3.05) is 31.1 Å². The monoisotopic (exact) mass is 651 g/mol. The van der Waals surface area contributed by atoms with E-state index in [1.165, 1.54) is 11.5 Å². The molecule has 230 valence electrons. The maximum atomic E-state index is 11.5. The van der Waals surface area contributed by atoms with E-state index < -0.39 is 26.3 Å². The van der Waals surface area contributed by atoms with E-state index in [0.717, 1.165) is 41.2 Å². The molecule has 0 saturated heterocycles. The standard InChI is InChI=1S/C26H41N7O5S2Si2/c1-40(34,35)38-18-22-14-24(39-30-22)33(20-37-11-13-42(5,6)7)25-26-28-16-23(32(26)9-8-27-25)21-15-29-31(17-21)19-36-10-12-41(2,3)4/h8-9,14-17H,10-13,18-20H2,1-7H3. The summed E-state index contributed by atoms with van der Waals surface area (Å²) in [6.07, 6.45) is 10.2. The van der Waals surface area contributed by atoms with Crippen LogP contribution in [0.2, 0.25) is 51.4 Å². The van der Waals surface area contributed by atoms with Gasteiger partial charge < -0.3 is 9.47 Å². The molecular weight excluding hydrogens is 611 g/mol. The fraction of sp³-hybridized carbons (Fsp3) is 0.538. The molecule has 0 aromatic carbocycles. The third kappa shape index (κ3) is 9.52. The summed E-state index contributed by atoms with van der Waals surface area (Å²) in [7, 11) is -6.02. The van der Waals surface area contributed by atoms with Crippen molar-refractivity contribution in [3.8, 4) is 11.3 Å². The zero-order valence-electron chi connectivity index (χ0n) is 25.4. The number of fused-ring (bicyclic) bond motifs is 1. The SMILES string of the molecule is C[Si](C)(C)CCOCN(c1cc(COS(C)(=O)=O)ns1)c1nccn2c(-c3cnn(COCC[Si](C)(C)C)c3)cnc12. The summed E-state index contributed by atoms with van der Waals surface area (Å²) >= 11 is 1.22. The van der Waals surface area contributed by atoms with Crippen LogP contribution >= 0.6 is 11.5 Å². The molecule has 4 aromatic heterocycles. The summed E-state index contributed by atoms with van der Waals surface area (Å²) < 4.78 is 48.1. The van der Waals surface area contributed by atoms with E-state index in [4.69, 9.17) is 18.6 Å². The average Bonchev–Trinajstić information content (AvgIpc) is 3.63. The zero-order chi connectivity index (χ0) is 30.5.